The molecule has 1 aliphatic carbocycles. The van der Waals surface area contributed by atoms with Crippen LogP contribution in [0.4, 0.5) is 0 Å². The minimum Gasteiger partial charge on any atom is -0.338 e. The second kappa shape index (κ2) is 7.60. The van der Waals surface area contributed by atoms with E-state index in [1.807, 2.05) is 4.90 Å². The van der Waals surface area contributed by atoms with Gasteiger partial charge in [0, 0.05) is 25.0 Å². The molecule has 116 valence electrons. The van der Waals surface area contributed by atoms with Gasteiger partial charge < -0.3 is 10.6 Å². The van der Waals surface area contributed by atoms with Gasteiger partial charge in [-0.3, -0.25) is 4.79 Å². The van der Waals surface area contributed by atoms with Crippen molar-refractivity contribution in [2.75, 3.05) is 6.54 Å². The Morgan fingerprint density at radius 2 is 2.00 bits per heavy atom. The minimum absolute atomic E-state index is 0.130. The standard InChI is InChI=1S/C18H28N2O/c1-3-11-20(13-15-9-7-14(2)8-10-15)18(21)16-5-4-6-17(19)12-16/h7-10,16-17H,3-6,11-13,19H2,1-2H3. The van der Waals surface area contributed by atoms with Gasteiger partial charge in [-0.1, -0.05) is 43.2 Å². The molecule has 1 aliphatic rings. The summed E-state index contributed by atoms with van der Waals surface area (Å²) in [6.07, 6.45) is 5.00. The van der Waals surface area contributed by atoms with Crippen molar-refractivity contribution in [3.63, 3.8) is 0 Å². The highest BCUT2D eigenvalue weighted by molar-refractivity contribution is 5.79. The number of carbonyl (C=O) groups excluding carboxylic acids is 1. The fourth-order valence-electron chi connectivity index (χ4n) is 3.16. The van der Waals surface area contributed by atoms with Crippen molar-refractivity contribution >= 4 is 5.91 Å². The second-order valence-electron chi connectivity index (χ2n) is 6.37. The van der Waals surface area contributed by atoms with Crippen LogP contribution < -0.4 is 5.73 Å². The molecule has 3 nitrogen and oxygen atoms in total. The highest BCUT2D eigenvalue weighted by Crippen LogP contribution is 2.25. The van der Waals surface area contributed by atoms with Gasteiger partial charge in [-0.25, -0.2) is 0 Å². The monoisotopic (exact) mass is 288 g/mol. The highest BCUT2D eigenvalue weighted by Gasteiger charge is 2.28. The van der Waals surface area contributed by atoms with Crippen molar-refractivity contribution in [1.82, 2.24) is 4.90 Å². The van der Waals surface area contributed by atoms with Gasteiger partial charge in [0.1, 0.15) is 0 Å². The fourth-order valence-corrected chi connectivity index (χ4v) is 3.16. The van der Waals surface area contributed by atoms with Gasteiger partial charge in [0.05, 0.1) is 0 Å². The van der Waals surface area contributed by atoms with E-state index < -0.39 is 0 Å². The van der Waals surface area contributed by atoms with Gasteiger partial charge in [-0.2, -0.15) is 0 Å². The first-order valence-electron chi connectivity index (χ1n) is 8.20. The Morgan fingerprint density at radius 1 is 1.29 bits per heavy atom. The van der Waals surface area contributed by atoms with E-state index in [1.165, 1.54) is 11.1 Å². The van der Waals surface area contributed by atoms with Crippen LogP contribution in [0.5, 0.6) is 0 Å². The molecule has 0 spiro atoms. The predicted molar refractivity (Wildman–Crippen MR) is 86.8 cm³/mol. The SMILES string of the molecule is CCCN(Cc1ccc(C)cc1)C(=O)C1CCCC(N)C1. The van der Waals surface area contributed by atoms with Crippen molar-refractivity contribution in [3.05, 3.63) is 35.4 Å². The largest absolute Gasteiger partial charge is 0.338 e. The summed E-state index contributed by atoms with van der Waals surface area (Å²) in [4.78, 5) is 14.8. The maximum Gasteiger partial charge on any atom is 0.226 e. The lowest BCUT2D eigenvalue weighted by molar-refractivity contribution is -0.137. The summed E-state index contributed by atoms with van der Waals surface area (Å²) in [5.41, 5.74) is 8.50. The van der Waals surface area contributed by atoms with Gasteiger partial charge in [-0.15, -0.1) is 0 Å². The van der Waals surface area contributed by atoms with E-state index in [4.69, 9.17) is 5.73 Å². The van der Waals surface area contributed by atoms with E-state index in [9.17, 15) is 4.79 Å². The topological polar surface area (TPSA) is 46.3 Å². The minimum atomic E-state index is 0.130. The molecule has 1 aromatic rings. The van der Waals surface area contributed by atoms with Crippen molar-refractivity contribution in [2.24, 2.45) is 11.7 Å². The Kier molecular flexibility index (Phi) is 5.80. The third-order valence-electron chi connectivity index (χ3n) is 4.36. The lowest BCUT2D eigenvalue weighted by atomic mass is 9.85. The number of aryl methyl sites for hydroxylation is 1. The second-order valence-corrected chi connectivity index (χ2v) is 6.37. The van der Waals surface area contributed by atoms with E-state index in [-0.39, 0.29) is 12.0 Å². The number of nitrogens with two attached hydrogens (primary N) is 1. The maximum atomic E-state index is 12.8. The Balaban J connectivity index is 2.03. The predicted octanol–water partition coefficient (Wildman–Crippen LogP) is 3.25. The van der Waals surface area contributed by atoms with Gasteiger partial charge in [0.15, 0.2) is 0 Å². The van der Waals surface area contributed by atoms with E-state index in [0.29, 0.717) is 5.91 Å². The molecule has 3 heteroatoms. The van der Waals surface area contributed by atoms with Gasteiger partial charge in [0.25, 0.3) is 0 Å². The average molecular weight is 288 g/mol. The molecule has 0 aromatic heterocycles. The van der Waals surface area contributed by atoms with Crippen LogP contribution in [-0.2, 0) is 11.3 Å². The Hall–Kier alpha value is -1.35. The smallest absolute Gasteiger partial charge is 0.226 e. The van der Waals surface area contributed by atoms with E-state index >= 15 is 0 Å². The van der Waals surface area contributed by atoms with Crippen LogP contribution in [0.2, 0.25) is 0 Å². The number of hydrogen-bond acceptors (Lipinski definition) is 2. The molecule has 0 aliphatic heterocycles. The molecule has 0 heterocycles. The molecule has 2 atom stereocenters. The van der Waals surface area contributed by atoms with Gasteiger partial charge in [0.2, 0.25) is 5.91 Å². The summed E-state index contributed by atoms with van der Waals surface area (Å²) in [6, 6.07) is 8.67. The molecule has 0 radical (unpaired) electrons. The number of benzene rings is 1. The van der Waals surface area contributed by atoms with Crippen LogP contribution >= 0.6 is 0 Å². The molecule has 1 fully saturated rings. The molecule has 2 unspecified atom stereocenters. The van der Waals surface area contributed by atoms with E-state index in [1.54, 1.807) is 0 Å². The summed E-state index contributed by atoms with van der Waals surface area (Å²) < 4.78 is 0. The van der Waals surface area contributed by atoms with Crippen molar-refractivity contribution < 1.29 is 4.79 Å². The molecule has 2 N–H and O–H groups in total. The number of hydrogen-bond donors (Lipinski definition) is 1. The van der Waals surface area contributed by atoms with Gasteiger partial charge in [-0.05, 0) is 38.2 Å². The first kappa shape index (κ1) is 16.0. The lowest BCUT2D eigenvalue weighted by Crippen LogP contribution is -2.40. The van der Waals surface area contributed by atoms with Crippen LogP contribution in [0, 0.1) is 12.8 Å². The third kappa shape index (κ3) is 4.57. The van der Waals surface area contributed by atoms with E-state index in [2.05, 4.69) is 38.1 Å². The van der Waals surface area contributed by atoms with Crippen LogP contribution in [-0.4, -0.2) is 23.4 Å². The molecule has 21 heavy (non-hydrogen) atoms. The molecule has 1 aromatic carbocycles. The molecule has 2 rings (SSSR count). The summed E-state index contributed by atoms with van der Waals surface area (Å²) in [5.74, 6) is 0.429. The van der Waals surface area contributed by atoms with Crippen LogP contribution in [0.25, 0.3) is 0 Å². The van der Waals surface area contributed by atoms with Crippen LogP contribution in [0.1, 0.15) is 50.2 Å². The Labute approximate surface area is 128 Å². The zero-order chi connectivity index (χ0) is 15.2. The lowest BCUT2D eigenvalue weighted by Gasteiger charge is -2.31. The van der Waals surface area contributed by atoms with Crippen molar-refractivity contribution in [1.29, 1.82) is 0 Å². The zero-order valence-electron chi connectivity index (χ0n) is 13.3. The quantitative estimate of drug-likeness (QED) is 0.904. The summed E-state index contributed by atoms with van der Waals surface area (Å²) in [6.45, 7) is 5.77. The normalized spacial score (nSPS) is 22.0. The Bertz CT molecular complexity index is 455. The number of rotatable bonds is 5. The number of carbonyl (C=O) groups is 1. The van der Waals surface area contributed by atoms with Crippen LogP contribution in [0.15, 0.2) is 24.3 Å². The third-order valence-corrected chi connectivity index (χ3v) is 4.36. The molecular weight excluding hydrogens is 260 g/mol. The zero-order valence-corrected chi connectivity index (χ0v) is 13.3. The summed E-state index contributed by atoms with van der Waals surface area (Å²) >= 11 is 0. The molecule has 0 saturated heterocycles. The molecule has 1 amide bonds. The van der Waals surface area contributed by atoms with E-state index in [0.717, 1.165) is 45.2 Å². The molecular formula is C18H28N2O. The summed E-state index contributed by atoms with van der Waals surface area (Å²) in [7, 11) is 0. The summed E-state index contributed by atoms with van der Waals surface area (Å²) in [5, 5.41) is 0. The Morgan fingerprint density at radius 3 is 2.62 bits per heavy atom. The highest BCUT2D eigenvalue weighted by atomic mass is 16.2. The number of amides is 1. The van der Waals surface area contributed by atoms with Crippen LogP contribution in [0.3, 0.4) is 0 Å². The fraction of sp³-hybridized carbons (Fsp3) is 0.611. The number of nitrogens with zero attached hydrogens (tertiary/aromatic N) is 1. The molecule has 1 saturated carbocycles. The average Bonchev–Trinajstić information content (AvgIpc) is 2.48. The first-order valence-corrected chi connectivity index (χ1v) is 8.20. The first-order chi connectivity index (χ1) is 10.1. The van der Waals surface area contributed by atoms with Gasteiger partial charge >= 0.3 is 0 Å². The van der Waals surface area contributed by atoms with Crippen molar-refractivity contribution in [3.8, 4) is 0 Å². The molecule has 0 bridgehead atoms. The maximum absolute atomic E-state index is 12.8. The van der Waals surface area contributed by atoms with Crippen molar-refractivity contribution in [2.45, 2.75) is 58.5 Å².